The summed E-state index contributed by atoms with van der Waals surface area (Å²) in [5, 5.41) is 30.9. The predicted molar refractivity (Wildman–Crippen MR) is 299 cm³/mol. The third-order valence-corrected chi connectivity index (χ3v) is 15.2. The molecule has 2 aliphatic rings. The second-order valence-electron chi connectivity index (χ2n) is 21.7. The van der Waals surface area contributed by atoms with Gasteiger partial charge in [0.2, 0.25) is 23.7 Å². The van der Waals surface area contributed by atoms with Crippen LogP contribution < -0.4 is 26.4 Å². The number of aromatic nitrogens is 6. The van der Waals surface area contributed by atoms with Gasteiger partial charge in [-0.1, -0.05) is 82.9 Å². The van der Waals surface area contributed by atoms with Crippen molar-refractivity contribution < 1.29 is 24.6 Å². The number of benzene rings is 2. The number of allylic oxidation sites excluding steroid dienone is 1. The maximum atomic E-state index is 14.1. The summed E-state index contributed by atoms with van der Waals surface area (Å²) >= 11 is 1.59. The number of fused-ring (bicyclic) bond motifs is 1. The first-order valence-corrected chi connectivity index (χ1v) is 27.4. The summed E-state index contributed by atoms with van der Waals surface area (Å²) in [5.74, 6) is -0.0965. The molecule has 3 atom stereocenters. The van der Waals surface area contributed by atoms with Gasteiger partial charge in [-0.3, -0.25) is 24.1 Å². The van der Waals surface area contributed by atoms with E-state index in [2.05, 4.69) is 59.4 Å². The Balaban J connectivity index is 0.726. The normalized spacial score (nSPS) is 16.7. The molecule has 6 aromatic rings. The molecule has 0 radical (unpaired) electrons. The number of aliphatic hydroxyl groups excluding tert-OH is 1. The lowest BCUT2D eigenvalue weighted by molar-refractivity contribution is -0.144. The Bertz CT molecular complexity index is 3020. The highest BCUT2D eigenvalue weighted by Crippen LogP contribution is 2.30. The number of carbonyl (C=O) groups is 3. The summed E-state index contributed by atoms with van der Waals surface area (Å²) in [5.41, 5.74) is 5.51. The van der Waals surface area contributed by atoms with Crippen LogP contribution in [0.1, 0.15) is 103 Å². The Kier molecular flexibility index (Phi) is 17.8. The molecule has 0 saturated carbocycles. The average Bonchev–Trinajstić information content (AvgIpc) is 4.18. The number of likely N-dealkylation sites (tertiary alicyclic amines) is 1. The number of piperazine rings is 1. The number of β-amino-alcohol motifs (C(OH)–C–C–N with tert-alkyl or cyclic N) is 1. The average molecular weight is 1060 g/mol. The van der Waals surface area contributed by atoms with Crippen molar-refractivity contribution in [3.05, 3.63) is 118 Å². The topological polar surface area (TPSA) is 216 Å². The van der Waals surface area contributed by atoms with E-state index in [0.717, 1.165) is 104 Å². The van der Waals surface area contributed by atoms with Crippen molar-refractivity contribution >= 4 is 57.4 Å². The molecule has 2 aliphatic heterocycles. The number of hydrogen-bond acceptors (Lipinski definition) is 14. The van der Waals surface area contributed by atoms with Crippen molar-refractivity contribution in [3.63, 3.8) is 0 Å². The zero-order chi connectivity index (χ0) is 54.1. The number of rotatable bonds is 22. The molecule has 0 aliphatic carbocycles. The van der Waals surface area contributed by atoms with Gasteiger partial charge in [-0.05, 0) is 93.1 Å². The molecule has 2 unspecified atom stereocenters. The summed E-state index contributed by atoms with van der Waals surface area (Å²) in [7, 11) is 0. The number of amides is 3. The van der Waals surface area contributed by atoms with E-state index in [1.165, 1.54) is 15.8 Å². The molecule has 2 aromatic carbocycles. The molecule has 76 heavy (non-hydrogen) atoms. The van der Waals surface area contributed by atoms with Crippen molar-refractivity contribution in [2.24, 2.45) is 5.41 Å². The molecule has 8 rings (SSSR count). The number of anilines is 3. The number of nitrogens with zero attached hydrogens (tertiary/aromatic N) is 9. The number of aryl methyl sites for hydroxylation is 1. The number of carbonyl (C=O) groups excluding carboxylic acids is 3. The summed E-state index contributed by atoms with van der Waals surface area (Å²) in [6, 6.07) is 19.8. The second-order valence-corrected chi connectivity index (χ2v) is 22.5. The van der Waals surface area contributed by atoms with Crippen LogP contribution in [-0.4, -0.2) is 124 Å². The third kappa shape index (κ3) is 13.6. The Hall–Kier alpha value is -6.80. The molecule has 18 nitrogen and oxygen atoms in total. The lowest BCUT2D eigenvalue weighted by Gasteiger charge is -2.36. The van der Waals surface area contributed by atoms with E-state index < -0.39 is 29.2 Å². The first-order chi connectivity index (χ1) is 36.4. The van der Waals surface area contributed by atoms with Gasteiger partial charge in [0.25, 0.3) is 5.56 Å². The summed E-state index contributed by atoms with van der Waals surface area (Å²) < 4.78 is 3.15. The number of thiazole rings is 1. The van der Waals surface area contributed by atoms with Gasteiger partial charge in [-0.25, -0.2) is 24.3 Å². The van der Waals surface area contributed by atoms with Crippen LogP contribution in [0.15, 0.2) is 95.9 Å². The predicted octanol–water partition coefficient (Wildman–Crippen LogP) is 7.23. The minimum absolute atomic E-state index is 0.0350. The molecule has 0 bridgehead atoms. The van der Waals surface area contributed by atoms with Gasteiger partial charge in [0.1, 0.15) is 23.1 Å². The van der Waals surface area contributed by atoms with E-state index in [-0.39, 0.29) is 49.3 Å². The van der Waals surface area contributed by atoms with Crippen molar-refractivity contribution in [1.29, 1.82) is 0 Å². The van der Waals surface area contributed by atoms with E-state index in [4.69, 9.17) is 4.98 Å². The molecular weight excluding hydrogens is 981 g/mol. The van der Waals surface area contributed by atoms with Gasteiger partial charge in [0.15, 0.2) is 11.5 Å². The first kappa shape index (κ1) is 55.4. The maximum Gasteiger partial charge on any atom is 0.278 e. The Morgan fingerprint density at radius 3 is 2.28 bits per heavy atom. The summed E-state index contributed by atoms with van der Waals surface area (Å²) in [6.07, 6.45) is 8.81. The lowest BCUT2D eigenvalue weighted by atomic mass is 9.85. The van der Waals surface area contributed by atoms with Gasteiger partial charge in [-0.2, -0.15) is 4.98 Å². The highest BCUT2D eigenvalue weighted by atomic mass is 32.1. The molecule has 6 heterocycles. The molecule has 4 aromatic heterocycles. The standard InChI is InChI=1S/C57H74N12O6S/c1-8-27-68-53(73)44-35-59-55(64-51(44)69(68)47-17-15-16-46(62-47)57(6,7)75)61-41-23-25-42(26-24-41)66-31-29-65(30-32-66)28-14-12-10-9-11-13-18-48(71)63-50(56(3,4)5)54(74)67-36-43(70)33-45(67)52(72)58-34-39-19-21-40(22-20-39)49-38(2)60-37-76-49/h8,15-17,19-26,35,37,43,45,50,70,75H,1,9-14,18,27-34,36H2,2-7H3,(H,58,72)(H,63,71)(H,59,61,64)/t43?,45?,50-/m1/s1. The van der Waals surface area contributed by atoms with Gasteiger partial charge in [-0.15, -0.1) is 17.9 Å². The Labute approximate surface area is 449 Å². The molecule has 19 heteroatoms. The van der Waals surface area contributed by atoms with Crippen LogP contribution in [0.3, 0.4) is 0 Å². The fraction of sp³-hybridized carbons (Fsp3) is 0.474. The summed E-state index contributed by atoms with van der Waals surface area (Å²) in [4.78, 5) is 80.0. The molecule has 2 fully saturated rings. The quantitative estimate of drug-likeness (QED) is 0.0336. The summed E-state index contributed by atoms with van der Waals surface area (Å²) in [6.45, 7) is 20.3. The van der Waals surface area contributed by atoms with Crippen LogP contribution in [0.5, 0.6) is 0 Å². The number of pyridine rings is 1. The molecule has 0 spiro atoms. The number of hydrogen-bond donors (Lipinski definition) is 5. The fourth-order valence-corrected chi connectivity index (χ4v) is 10.8. The van der Waals surface area contributed by atoms with E-state index in [0.29, 0.717) is 34.9 Å². The monoisotopic (exact) mass is 1050 g/mol. The smallest absolute Gasteiger partial charge is 0.278 e. The zero-order valence-electron chi connectivity index (χ0n) is 44.8. The molecular formula is C57H74N12O6S. The molecule has 2 saturated heterocycles. The highest BCUT2D eigenvalue weighted by Gasteiger charge is 2.44. The lowest BCUT2D eigenvalue weighted by Crippen LogP contribution is -2.57. The van der Waals surface area contributed by atoms with Crippen LogP contribution in [0.4, 0.5) is 17.3 Å². The zero-order valence-corrected chi connectivity index (χ0v) is 45.6. The molecule has 3 amide bonds. The van der Waals surface area contributed by atoms with Crippen molar-refractivity contribution in [2.75, 3.05) is 49.5 Å². The molecule has 404 valence electrons. The highest BCUT2D eigenvalue weighted by molar-refractivity contribution is 7.13. The van der Waals surface area contributed by atoms with E-state index in [1.54, 1.807) is 54.1 Å². The second kappa shape index (κ2) is 24.5. The van der Waals surface area contributed by atoms with Crippen molar-refractivity contribution in [3.8, 4) is 16.3 Å². The van der Waals surface area contributed by atoms with Crippen LogP contribution in [-0.2, 0) is 33.1 Å². The Morgan fingerprint density at radius 2 is 1.61 bits per heavy atom. The van der Waals surface area contributed by atoms with E-state index in [9.17, 15) is 29.4 Å². The minimum Gasteiger partial charge on any atom is -0.391 e. The van der Waals surface area contributed by atoms with Gasteiger partial charge >= 0.3 is 0 Å². The van der Waals surface area contributed by atoms with E-state index in [1.807, 2.05) is 69.6 Å². The van der Waals surface area contributed by atoms with Crippen molar-refractivity contribution in [1.82, 2.24) is 49.7 Å². The Morgan fingerprint density at radius 1 is 0.895 bits per heavy atom. The van der Waals surface area contributed by atoms with Crippen molar-refractivity contribution in [2.45, 2.75) is 130 Å². The number of unbranched alkanes of at least 4 members (excludes halogenated alkanes) is 5. The minimum atomic E-state index is -1.18. The van der Waals surface area contributed by atoms with Crippen LogP contribution in [0.25, 0.3) is 27.3 Å². The van der Waals surface area contributed by atoms with Gasteiger partial charge < -0.3 is 36.0 Å². The SMILES string of the molecule is C=CCn1c(=O)c2cnc(Nc3ccc(N4CCN(CCCCCCCCC(=O)N[C@H](C(=O)N5CC(O)CC5C(=O)NCc5ccc(-c6scnc6C)cc5)C(C)(C)C)CC4)cc3)nc2n1-c1cccc(C(C)(C)O)n1. The van der Waals surface area contributed by atoms with E-state index >= 15 is 0 Å². The number of aliphatic hydroxyl groups is 2. The first-order valence-electron chi connectivity index (χ1n) is 26.6. The molecule has 5 N–H and O–H groups in total. The van der Waals surface area contributed by atoms with Crippen LogP contribution in [0, 0.1) is 12.3 Å². The van der Waals surface area contributed by atoms with Crippen LogP contribution >= 0.6 is 11.3 Å². The maximum absolute atomic E-state index is 14.1. The third-order valence-electron chi connectivity index (χ3n) is 14.3. The van der Waals surface area contributed by atoms with Crippen LogP contribution in [0.2, 0.25) is 0 Å². The number of nitrogens with one attached hydrogen (secondary N) is 3. The van der Waals surface area contributed by atoms with Gasteiger partial charge in [0, 0.05) is 69.7 Å². The fourth-order valence-electron chi connectivity index (χ4n) is 9.95. The largest absolute Gasteiger partial charge is 0.391 e. The van der Waals surface area contributed by atoms with Gasteiger partial charge in [0.05, 0.1) is 34.4 Å².